The van der Waals surface area contributed by atoms with Crippen molar-refractivity contribution < 1.29 is 24.4 Å². The molecule has 170 valence electrons. The van der Waals surface area contributed by atoms with Gasteiger partial charge in [-0.05, 0) is 43.2 Å². The van der Waals surface area contributed by atoms with Gasteiger partial charge < -0.3 is 34.3 Å². The van der Waals surface area contributed by atoms with Crippen molar-refractivity contribution in [3.63, 3.8) is 0 Å². The van der Waals surface area contributed by atoms with Crippen molar-refractivity contribution >= 4 is 10.9 Å². The van der Waals surface area contributed by atoms with Gasteiger partial charge in [-0.3, -0.25) is 0 Å². The molecule has 7 heteroatoms. The summed E-state index contributed by atoms with van der Waals surface area (Å²) in [6.45, 7) is 2.18. The number of likely N-dealkylation sites (tertiary alicyclic amines) is 1. The second kappa shape index (κ2) is 8.31. The first-order valence-electron chi connectivity index (χ1n) is 11.1. The van der Waals surface area contributed by atoms with Gasteiger partial charge in [-0.2, -0.15) is 0 Å². The maximum Gasteiger partial charge on any atom is 0.126 e. The first kappa shape index (κ1) is 21.1. The number of ether oxygens (including phenoxy) is 3. The highest BCUT2D eigenvalue weighted by Crippen LogP contribution is 2.45. The number of hydrogen-bond donors (Lipinski definition) is 3. The fraction of sp³-hybridized carbons (Fsp3) is 0.440. The van der Waals surface area contributed by atoms with E-state index in [2.05, 4.69) is 9.88 Å². The Morgan fingerprint density at radius 3 is 2.59 bits per heavy atom. The van der Waals surface area contributed by atoms with E-state index >= 15 is 0 Å². The molecule has 2 aromatic carbocycles. The van der Waals surface area contributed by atoms with Gasteiger partial charge in [0, 0.05) is 60.3 Å². The lowest BCUT2D eigenvalue weighted by Crippen LogP contribution is -2.51. The summed E-state index contributed by atoms with van der Waals surface area (Å²) in [5.41, 5.74) is 2.29. The number of aromatic nitrogens is 1. The van der Waals surface area contributed by atoms with E-state index in [-0.39, 0.29) is 5.60 Å². The quantitative estimate of drug-likeness (QED) is 0.565. The summed E-state index contributed by atoms with van der Waals surface area (Å²) < 4.78 is 17.0. The van der Waals surface area contributed by atoms with Crippen molar-refractivity contribution in [2.24, 2.45) is 0 Å². The zero-order valence-corrected chi connectivity index (χ0v) is 18.5. The highest BCUT2D eigenvalue weighted by molar-refractivity contribution is 5.84. The van der Waals surface area contributed by atoms with E-state index < -0.39 is 12.2 Å². The third-order valence-electron chi connectivity index (χ3n) is 6.95. The van der Waals surface area contributed by atoms with Crippen molar-refractivity contribution in [1.82, 2.24) is 9.88 Å². The Morgan fingerprint density at radius 1 is 1.12 bits per heavy atom. The number of piperidine rings is 1. The summed E-state index contributed by atoms with van der Waals surface area (Å²) in [6, 6.07) is 11.5. The molecule has 0 amide bonds. The minimum absolute atomic E-state index is 0.361. The molecule has 2 aliphatic rings. The Bertz CT molecular complexity index is 1100. The average Bonchev–Trinajstić information content (AvgIpc) is 3.24. The number of aliphatic hydroxyl groups excluding tert-OH is 2. The normalized spacial score (nSPS) is 21.2. The molecule has 5 rings (SSSR count). The van der Waals surface area contributed by atoms with E-state index in [0.29, 0.717) is 13.0 Å². The molecule has 7 nitrogen and oxygen atoms in total. The van der Waals surface area contributed by atoms with Crippen LogP contribution in [-0.4, -0.2) is 59.6 Å². The number of nitrogens with zero attached hydrogens (tertiary/aromatic N) is 1. The summed E-state index contributed by atoms with van der Waals surface area (Å²) in [7, 11) is 3.27. The molecular formula is C25H30N2O5. The van der Waals surface area contributed by atoms with Crippen LogP contribution in [0.25, 0.3) is 10.9 Å². The van der Waals surface area contributed by atoms with Gasteiger partial charge in [0.1, 0.15) is 22.8 Å². The highest BCUT2D eigenvalue weighted by Gasteiger charge is 2.43. The maximum atomic E-state index is 10.9. The van der Waals surface area contributed by atoms with Gasteiger partial charge in [-0.1, -0.05) is 0 Å². The Labute approximate surface area is 187 Å². The Kier molecular flexibility index (Phi) is 5.49. The van der Waals surface area contributed by atoms with E-state index in [0.717, 1.165) is 65.2 Å². The molecule has 0 aliphatic carbocycles. The molecule has 0 radical (unpaired) electrons. The number of benzene rings is 2. The number of methoxy groups -OCH3 is 2. The van der Waals surface area contributed by atoms with E-state index in [1.165, 1.54) is 0 Å². The number of β-amino-alcohol motifs (C(OH)–C–C–N with tert-alkyl or cyclic N) is 1. The smallest absolute Gasteiger partial charge is 0.126 e. The molecule has 2 aliphatic heterocycles. The molecule has 1 spiro atoms. The monoisotopic (exact) mass is 438 g/mol. The minimum Gasteiger partial charge on any atom is -0.497 e. The van der Waals surface area contributed by atoms with Gasteiger partial charge in [0.05, 0.1) is 26.4 Å². The Balaban J connectivity index is 1.24. The largest absolute Gasteiger partial charge is 0.497 e. The lowest BCUT2D eigenvalue weighted by atomic mass is 9.81. The van der Waals surface area contributed by atoms with Gasteiger partial charge in [0.15, 0.2) is 0 Å². The molecule has 3 N–H and O–H groups in total. The Hall–Kier alpha value is -2.74. The van der Waals surface area contributed by atoms with Crippen molar-refractivity contribution in [2.75, 3.05) is 33.9 Å². The topological polar surface area (TPSA) is 87.2 Å². The molecule has 2 atom stereocenters. The van der Waals surface area contributed by atoms with E-state index in [9.17, 15) is 10.2 Å². The van der Waals surface area contributed by atoms with Crippen LogP contribution in [0.15, 0.2) is 42.6 Å². The molecule has 0 saturated carbocycles. The molecule has 1 saturated heterocycles. The third-order valence-corrected chi connectivity index (χ3v) is 6.95. The lowest BCUT2D eigenvalue weighted by Gasteiger charge is -2.46. The number of H-pyrrole nitrogens is 1. The zero-order chi connectivity index (χ0) is 22.3. The maximum absolute atomic E-state index is 10.9. The number of aliphatic hydroxyl groups is 2. The summed E-state index contributed by atoms with van der Waals surface area (Å²) in [5.74, 6) is 2.26. The van der Waals surface area contributed by atoms with Gasteiger partial charge >= 0.3 is 0 Å². The van der Waals surface area contributed by atoms with Crippen molar-refractivity contribution in [3.8, 4) is 17.2 Å². The van der Waals surface area contributed by atoms with Gasteiger partial charge in [0.25, 0.3) is 0 Å². The van der Waals surface area contributed by atoms with Crippen LogP contribution in [0.1, 0.15) is 42.6 Å². The predicted molar refractivity (Wildman–Crippen MR) is 121 cm³/mol. The van der Waals surface area contributed by atoms with Gasteiger partial charge in [-0.25, -0.2) is 0 Å². The molecule has 0 unspecified atom stereocenters. The number of aromatic amines is 1. The fourth-order valence-corrected chi connectivity index (χ4v) is 5.07. The van der Waals surface area contributed by atoms with Crippen LogP contribution in [0, 0.1) is 0 Å². The molecule has 3 aromatic rings. The first-order chi connectivity index (χ1) is 15.5. The molecule has 1 aromatic heterocycles. The van der Waals surface area contributed by atoms with Crippen LogP contribution in [0.3, 0.4) is 0 Å². The number of rotatable bonds is 5. The summed E-state index contributed by atoms with van der Waals surface area (Å²) in [4.78, 5) is 5.51. The van der Waals surface area contributed by atoms with E-state index in [4.69, 9.17) is 14.2 Å². The first-order valence-corrected chi connectivity index (χ1v) is 11.1. The summed E-state index contributed by atoms with van der Waals surface area (Å²) in [5, 5.41) is 22.7. The number of nitrogens with one attached hydrogen (secondary N) is 1. The van der Waals surface area contributed by atoms with Crippen molar-refractivity contribution in [1.29, 1.82) is 0 Å². The van der Waals surface area contributed by atoms with Crippen molar-refractivity contribution in [3.05, 3.63) is 53.7 Å². The average molecular weight is 439 g/mol. The van der Waals surface area contributed by atoms with E-state index in [1.807, 2.05) is 42.6 Å². The SMILES string of the molecule is COc1ccc2c(c1)[C@@H](O)CC1(CCN(C[C@H](O)c3c[nH]c4cc(OC)ccc34)CC1)O2. The summed E-state index contributed by atoms with van der Waals surface area (Å²) in [6.07, 6.45) is 2.94. The third kappa shape index (κ3) is 3.81. The van der Waals surface area contributed by atoms with Crippen LogP contribution >= 0.6 is 0 Å². The number of fused-ring (bicyclic) bond motifs is 2. The molecule has 1 fully saturated rings. The van der Waals surface area contributed by atoms with Gasteiger partial charge in [-0.15, -0.1) is 0 Å². The van der Waals surface area contributed by atoms with Crippen molar-refractivity contribution in [2.45, 2.75) is 37.1 Å². The number of hydrogen-bond acceptors (Lipinski definition) is 6. The molecule has 32 heavy (non-hydrogen) atoms. The Morgan fingerprint density at radius 2 is 1.84 bits per heavy atom. The second-order valence-electron chi connectivity index (χ2n) is 8.88. The second-order valence-corrected chi connectivity index (χ2v) is 8.88. The molecule has 3 heterocycles. The fourth-order valence-electron chi connectivity index (χ4n) is 5.07. The highest BCUT2D eigenvalue weighted by atomic mass is 16.5. The van der Waals surface area contributed by atoms with E-state index in [1.54, 1.807) is 14.2 Å². The summed E-state index contributed by atoms with van der Waals surface area (Å²) >= 11 is 0. The molecular weight excluding hydrogens is 408 g/mol. The van der Waals surface area contributed by atoms with Crippen LogP contribution in [-0.2, 0) is 0 Å². The van der Waals surface area contributed by atoms with Crippen LogP contribution < -0.4 is 14.2 Å². The van der Waals surface area contributed by atoms with Crippen LogP contribution in [0.4, 0.5) is 0 Å². The minimum atomic E-state index is -0.586. The van der Waals surface area contributed by atoms with Gasteiger partial charge in [0.2, 0.25) is 0 Å². The zero-order valence-electron chi connectivity index (χ0n) is 18.5. The van der Waals surface area contributed by atoms with Crippen LogP contribution in [0.5, 0.6) is 17.2 Å². The molecule has 0 bridgehead atoms. The standard InChI is InChI=1S/C25H30N2O5/c1-30-16-4-6-24-19(11-16)22(28)13-25(32-24)7-9-27(10-8-25)15-23(29)20-14-26-21-12-17(31-2)3-5-18(20)21/h3-6,11-12,14,22-23,26,28-29H,7-10,13,15H2,1-2H3/t22-,23-/m0/s1. The lowest BCUT2D eigenvalue weighted by molar-refractivity contribution is -0.0588. The predicted octanol–water partition coefficient (Wildman–Crippen LogP) is 3.57. The van der Waals surface area contributed by atoms with Crippen LogP contribution in [0.2, 0.25) is 0 Å².